The molecule has 1 aromatic carbocycles. The Bertz CT molecular complexity index is 1140. The highest BCUT2D eigenvalue weighted by Crippen LogP contribution is 2.19. The first-order valence-corrected chi connectivity index (χ1v) is 8.37. The third-order valence-corrected chi connectivity index (χ3v) is 4.58. The molecule has 2 unspecified atom stereocenters. The number of hydrogen-bond acceptors (Lipinski definition) is 4. The van der Waals surface area contributed by atoms with E-state index in [9.17, 15) is 9.59 Å². The van der Waals surface area contributed by atoms with Gasteiger partial charge in [-0.05, 0) is 19.4 Å². The van der Waals surface area contributed by atoms with Crippen LogP contribution in [-0.2, 0) is 4.79 Å². The number of nitrogens with zero attached hydrogens (tertiary/aromatic N) is 3. The second-order valence-corrected chi connectivity index (χ2v) is 6.27. The predicted octanol–water partition coefficient (Wildman–Crippen LogP) is 2.68. The zero-order valence-electron chi connectivity index (χ0n) is 14.4. The van der Waals surface area contributed by atoms with Crippen molar-refractivity contribution in [2.75, 3.05) is 0 Å². The van der Waals surface area contributed by atoms with Crippen LogP contribution in [-0.4, -0.2) is 20.1 Å². The summed E-state index contributed by atoms with van der Waals surface area (Å²) in [5.41, 5.74) is 2.46. The standard InChI is InChI=1S/C19H18N4O3/c1-12(14-6-4-3-5-7-14)21-18(24)13(2)23-19(25)16-10-17-15(8-9-26-17)22(16)11-20-23/h3-13H,1-2H3,(H,21,24). The number of furan rings is 1. The SMILES string of the molecule is CC(NC(=O)C(C)n1ncn2c(cc3occc32)c1=O)c1ccccc1. The number of carbonyl (C=O) groups is 1. The van der Waals surface area contributed by atoms with Crippen LogP contribution in [0.25, 0.3) is 16.6 Å². The maximum atomic E-state index is 12.8. The lowest BCUT2D eigenvalue weighted by atomic mass is 10.1. The van der Waals surface area contributed by atoms with E-state index < -0.39 is 6.04 Å². The molecule has 3 aromatic heterocycles. The molecule has 2 atom stereocenters. The highest BCUT2D eigenvalue weighted by Gasteiger charge is 2.21. The zero-order valence-corrected chi connectivity index (χ0v) is 14.4. The molecular weight excluding hydrogens is 332 g/mol. The number of nitrogens with one attached hydrogen (secondary N) is 1. The second kappa shape index (κ2) is 6.18. The third kappa shape index (κ3) is 2.57. The van der Waals surface area contributed by atoms with E-state index in [0.29, 0.717) is 11.1 Å². The molecule has 1 N–H and O–H groups in total. The summed E-state index contributed by atoms with van der Waals surface area (Å²) in [6.45, 7) is 3.56. The average Bonchev–Trinajstić information content (AvgIpc) is 3.24. The zero-order chi connectivity index (χ0) is 18.3. The summed E-state index contributed by atoms with van der Waals surface area (Å²) >= 11 is 0. The number of fused-ring (bicyclic) bond motifs is 3. The van der Waals surface area contributed by atoms with Gasteiger partial charge in [0.2, 0.25) is 5.91 Å². The number of benzene rings is 1. The fourth-order valence-corrected chi connectivity index (χ4v) is 3.06. The lowest BCUT2D eigenvalue weighted by molar-refractivity contribution is -0.124. The lowest BCUT2D eigenvalue weighted by Crippen LogP contribution is -2.38. The molecule has 0 aliphatic rings. The fraction of sp³-hybridized carbons (Fsp3) is 0.211. The van der Waals surface area contributed by atoms with Crippen LogP contribution in [0.3, 0.4) is 0 Å². The molecule has 26 heavy (non-hydrogen) atoms. The van der Waals surface area contributed by atoms with Crippen LogP contribution in [0.15, 0.2) is 64.3 Å². The Morgan fingerprint density at radius 3 is 2.69 bits per heavy atom. The first-order chi connectivity index (χ1) is 12.6. The van der Waals surface area contributed by atoms with Crippen LogP contribution in [0.5, 0.6) is 0 Å². The van der Waals surface area contributed by atoms with Gasteiger partial charge in [-0.15, -0.1) is 0 Å². The van der Waals surface area contributed by atoms with Crippen LogP contribution < -0.4 is 10.9 Å². The minimum atomic E-state index is -0.736. The molecule has 7 heteroatoms. The first-order valence-electron chi connectivity index (χ1n) is 8.37. The molecule has 0 saturated heterocycles. The molecule has 0 bridgehead atoms. The maximum absolute atomic E-state index is 12.8. The van der Waals surface area contributed by atoms with Crippen molar-refractivity contribution >= 4 is 22.5 Å². The number of amides is 1. The quantitative estimate of drug-likeness (QED) is 0.613. The number of rotatable bonds is 4. The molecule has 4 rings (SSSR count). The fourth-order valence-electron chi connectivity index (χ4n) is 3.06. The Hall–Kier alpha value is -3.35. The average molecular weight is 350 g/mol. The van der Waals surface area contributed by atoms with E-state index in [1.54, 1.807) is 29.7 Å². The number of aromatic nitrogens is 3. The van der Waals surface area contributed by atoms with Crippen molar-refractivity contribution < 1.29 is 9.21 Å². The molecule has 0 radical (unpaired) electrons. The molecule has 4 aromatic rings. The van der Waals surface area contributed by atoms with Gasteiger partial charge in [-0.3, -0.25) is 14.0 Å². The van der Waals surface area contributed by atoms with Crippen LogP contribution in [0.4, 0.5) is 0 Å². The summed E-state index contributed by atoms with van der Waals surface area (Å²) in [4.78, 5) is 25.4. The van der Waals surface area contributed by atoms with Crippen LogP contribution in [0, 0.1) is 0 Å². The molecule has 0 aliphatic carbocycles. The number of carbonyl (C=O) groups excluding carboxylic acids is 1. The van der Waals surface area contributed by atoms with E-state index in [1.807, 2.05) is 37.3 Å². The topological polar surface area (TPSA) is 81.5 Å². The normalized spacial score (nSPS) is 13.8. The summed E-state index contributed by atoms with van der Waals surface area (Å²) < 4.78 is 8.19. The lowest BCUT2D eigenvalue weighted by Gasteiger charge is -2.18. The molecule has 0 saturated carbocycles. The van der Waals surface area contributed by atoms with Gasteiger partial charge in [-0.2, -0.15) is 5.10 Å². The minimum absolute atomic E-state index is 0.166. The molecule has 7 nitrogen and oxygen atoms in total. The van der Waals surface area contributed by atoms with Crippen molar-refractivity contribution in [2.24, 2.45) is 0 Å². The van der Waals surface area contributed by atoms with Gasteiger partial charge in [0.05, 0.1) is 17.8 Å². The van der Waals surface area contributed by atoms with Gasteiger partial charge in [0.1, 0.15) is 17.9 Å². The minimum Gasteiger partial charge on any atom is -0.463 e. The van der Waals surface area contributed by atoms with E-state index in [0.717, 1.165) is 11.1 Å². The summed E-state index contributed by atoms with van der Waals surface area (Å²) in [6, 6.07) is 12.2. The summed E-state index contributed by atoms with van der Waals surface area (Å²) in [5, 5.41) is 7.10. The van der Waals surface area contributed by atoms with Crippen molar-refractivity contribution in [1.82, 2.24) is 19.5 Å². The van der Waals surface area contributed by atoms with Gasteiger partial charge in [-0.1, -0.05) is 30.3 Å². The highest BCUT2D eigenvalue weighted by molar-refractivity contribution is 5.83. The van der Waals surface area contributed by atoms with Crippen molar-refractivity contribution in [3.63, 3.8) is 0 Å². The van der Waals surface area contributed by atoms with Gasteiger partial charge < -0.3 is 9.73 Å². The Labute approximate surface area is 148 Å². The highest BCUT2D eigenvalue weighted by atomic mass is 16.3. The molecule has 0 spiro atoms. The first kappa shape index (κ1) is 16.1. The van der Waals surface area contributed by atoms with Crippen LogP contribution in [0.1, 0.15) is 31.5 Å². The Morgan fingerprint density at radius 2 is 1.92 bits per heavy atom. The molecule has 0 fully saturated rings. The van der Waals surface area contributed by atoms with Crippen molar-refractivity contribution in [2.45, 2.75) is 25.9 Å². The Balaban J connectivity index is 1.63. The Kier molecular flexibility index (Phi) is 3.84. The van der Waals surface area contributed by atoms with Crippen molar-refractivity contribution in [1.29, 1.82) is 0 Å². The van der Waals surface area contributed by atoms with E-state index in [4.69, 9.17) is 4.42 Å². The molecule has 3 heterocycles. The van der Waals surface area contributed by atoms with E-state index in [2.05, 4.69) is 10.4 Å². The van der Waals surface area contributed by atoms with Gasteiger partial charge in [-0.25, -0.2) is 4.68 Å². The van der Waals surface area contributed by atoms with Gasteiger partial charge >= 0.3 is 0 Å². The van der Waals surface area contributed by atoms with Crippen LogP contribution in [0.2, 0.25) is 0 Å². The molecule has 132 valence electrons. The smallest absolute Gasteiger partial charge is 0.291 e. The van der Waals surface area contributed by atoms with E-state index in [-0.39, 0.29) is 17.5 Å². The summed E-state index contributed by atoms with van der Waals surface area (Å²) in [6.07, 6.45) is 3.09. The number of hydrogen-bond donors (Lipinski definition) is 1. The summed E-state index contributed by atoms with van der Waals surface area (Å²) in [5.74, 6) is -0.268. The van der Waals surface area contributed by atoms with E-state index >= 15 is 0 Å². The van der Waals surface area contributed by atoms with Crippen molar-refractivity contribution in [3.8, 4) is 0 Å². The monoisotopic (exact) mass is 350 g/mol. The van der Waals surface area contributed by atoms with Gasteiger partial charge in [0, 0.05) is 12.1 Å². The largest absolute Gasteiger partial charge is 0.463 e. The Morgan fingerprint density at radius 1 is 1.15 bits per heavy atom. The van der Waals surface area contributed by atoms with Gasteiger partial charge in [0.25, 0.3) is 5.56 Å². The molecule has 1 amide bonds. The molecule has 0 aliphatic heterocycles. The van der Waals surface area contributed by atoms with Crippen LogP contribution >= 0.6 is 0 Å². The van der Waals surface area contributed by atoms with Gasteiger partial charge in [0.15, 0.2) is 5.58 Å². The molecular formula is C19H18N4O3. The summed E-state index contributed by atoms with van der Waals surface area (Å²) in [7, 11) is 0. The van der Waals surface area contributed by atoms with Crippen molar-refractivity contribution in [3.05, 3.63) is 71.0 Å². The second-order valence-electron chi connectivity index (χ2n) is 6.27. The maximum Gasteiger partial charge on any atom is 0.291 e. The third-order valence-electron chi connectivity index (χ3n) is 4.58. The predicted molar refractivity (Wildman–Crippen MR) is 96.9 cm³/mol. The van der Waals surface area contributed by atoms with E-state index in [1.165, 1.54) is 11.0 Å².